The van der Waals surface area contributed by atoms with Crippen molar-refractivity contribution in [1.82, 2.24) is 5.32 Å². The van der Waals surface area contributed by atoms with Crippen molar-refractivity contribution in [2.24, 2.45) is 0 Å². The van der Waals surface area contributed by atoms with E-state index in [-0.39, 0.29) is 11.6 Å². The average molecular weight is 661 g/mol. The van der Waals surface area contributed by atoms with Gasteiger partial charge in [-0.25, -0.2) is 0 Å². The van der Waals surface area contributed by atoms with Crippen LogP contribution in [-0.2, 0) is 9.59 Å². The van der Waals surface area contributed by atoms with Crippen LogP contribution in [-0.4, -0.2) is 37.2 Å². The summed E-state index contributed by atoms with van der Waals surface area (Å²) in [6.07, 6.45) is 1.54. The highest BCUT2D eigenvalue weighted by Gasteiger charge is 2.18. The van der Waals surface area contributed by atoms with E-state index in [1.54, 1.807) is 79.9 Å². The second-order valence-corrected chi connectivity index (χ2v) is 11.5. The van der Waals surface area contributed by atoms with Crippen LogP contribution in [0.2, 0.25) is 0 Å². The number of anilines is 2. The molecule has 10 heteroatoms. The average Bonchev–Trinajstić information content (AvgIpc) is 3.02. The molecule has 1 unspecified atom stereocenters. The molecular formula is C33H30BrN3O5S. The molecule has 43 heavy (non-hydrogen) atoms. The first kappa shape index (κ1) is 31.4. The molecule has 4 rings (SSSR count). The summed E-state index contributed by atoms with van der Waals surface area (Å²) in [5.41, 5.74) is 2.16. The number of methoxy groups -OCH3 is 2. The molecule has 0 heterocycles. The fraction of sp³-hybridized carbons (Fsp3) is 0.121. The minimum absolute atomic E-state index is 0.0107. The summed E-state index contributed by atoms with van der Waals surface area (Å²) in [4.78, 5) is 40.2. The summed E-state index contributed by atoms with van der Waals surface area (Å²) in [5.74, 6) is -0.0879. The van der Waals surface area contributed by atoms with E-state index in [4.69, 9.17) is 9.47 Å². The Balaban J connectivity index is 1.54. The van der Waals surface area contributed by atoms with Crippen LogP contribution in [0.15, 0.2) is 112 Å². The van der Waals surface area contributed by atoms with Crippen molar-refractivity contribution < 1.29 is 23.9 Å². The molecule has 0 bridgehead atoms. The van der Waals surface area contributed by atoms with Crippen LogP contribution in [0.5, 0.6) is 11.5 Å². The number of para-hydroxylation sites is 1. The molecular weight excluding hydrogens is 630 g/mol. The van der Waals surface area contributed by atoms with Gasteiger partial charge in [0.2, 0.25) is 5.91 Å². The van der Waals surface area contributed by atoms with Crippen LogP contribution in [0.3, 0.4) is 0 Å². The third-order valence-corrected chi connectivity index (χ3v) is 7.96. The maximum Gasteiger partial charge on any atom is 0.272 e. The molecule has 0 aliphatic carbocycles. The summed E-state index contributed by atoms with van der Waals surface area (Å²) < 4.78 is 11.6. The number of hydrogen-bond acceptors (Lipinski definition) is 6. The predicted molar refractivity (Wildman–Crippen MR) is 175 cm³/mol. The summed E-state index contributed by atoms with van der Waals surface area (Å²) in [6.45, 7) is 1.81. The Morgan fingerprint density at radius 3 is 2.30 bits per heavy atom. The molecule has 0 aliphatic heterocycles. The van der Waals surface area contributed by atoms with Gasteiger partial charge >= 0.3 is 0 Å². The second-order valence-electron chi connectivity index (χ2n) is 9.20. The lowest BCUT2D eigenvalue weighted by Crippen LogP contribution is -2.30. The highest BCUT2D eigenvalue weighted by atomic mass is 79.9. The molecule has 4 aromatic carbocycles. The SMILES string of the molecule is COc1ccc(/C=C(/NC(=O)c2ccccc2)C(=O)Nc2cccc(SC(C)C(=O)Nc3ccccc3Br)c2)c(OC)c1. The smallest absolute Gasteiger partial charge is 0.272 e. The van der Waals surface area contributed by atoms with E-state index in [2.05, 4.69) is 31.9 Å². The van der Waals surface area contributed by atoms with Gasteiger partial charge in [0.15, 0.2) is 0 Å². The number of halogens is 1. The third-order valence-electron chi connectivity index (χ3n) is 6.18. The van der Waals surface area contributed by atoms with Gasteiger partial charge in [-0.2, -0.15) is 0 Å². The summed E-state index contributed by atoms with van der Waals surface area (Å²) >= 11 is 4.80. The van der Waals surface area contributed by atoms with Crippen molar-refractivity contribution in [2.75, 3.05) is 24.9 Å². The number of hydrogen-bond donors (Lipinski definition) is 3. The lowest BCUT2D eigenvalue weighted by molar-refractivity contribution is -0.115. The first-order valence-corrected chi connectivity index (χ1v) is 14.9. The van der Waals surface area contributed by atoms with E-state index in [9.17, 15) is 14.4 Å². The van der Waals surface area contributed by atoms with Crippen molar-refractivity contribution in [2.45, 2.75) is 17.1 Å². The number of carbonyl (C=O) groups is 3. The number of thioether (sulfide) groups is 1. The van der Waals surface area contributed by atoms with E-state index in [1.165, 1.54) is 18.9 Å². The summed E-state index contributed by atoms with van der Waals surface area (Å²) in [6, 6.07) is 28.3. The van der Waals surface area contributed by atoms with E-state index in [0.29, 0.717) is 34.0 Å². The fourth-order valence-corrected chi connectivity index (χ4v) is 5.25. The highest BCUT2D eigenvalue weighted by molar-refractivity contribution is 9.10. The molecule has 3 N–H and O–H groups in total. The number of nitrogens with one attached hydrogen (secondary N) is 3. The van der Waals surface area contributed by atoms with Gasteiger partial charge in [-0.15, -0.1) is 11.8 Å². The Labute approximate surface area is 263 Å². The molecule has 8 nitrogen and oxygen atoms in total. The van der Waals surface area contributed by atoms with Crippen LogP contribution >= 0.6 is 27.7 Å². The number of ether oxygens (including phenoxy) is 2. The molecule has 0 spiro atoms. The monoisotopic (exact) mass is 659 g/mol. The Morgan fingerprint density at radius 2 is 1.58 bits per heavy atom. The zero-order chi connectivity index (χ0) is 30.8. The van der Waals surface area contributed by atoms with Gasteiger partial charge < -0.3 is 25.4 Å². The van der Waals surface area contributed by atoms with E-state index >= 15 is 0 Å². The van der Waals surface area contributed by atoms with Crippen LogP contribution in [0.1, 0.15) is 22.8 Å². The molecule has 0 fully saturated rings. The topological polar surface area (TPSA) is 106 Å². The Bertz CT molecular complexity index is 1640. The number of carbonyl (C=O) groups excluding carboxylic acids is 3. The number of benzene rings is 4. The molecule has 0 saturated heterocycles. The summed E-state index contributed by atoms with van der Waals surface area (Å²) in [7, 11) is 3.06. The molecule has 0 saturated carbocycles. The van der Waals surface area contributed by atoms with Gasteiger partial charge in [-0.05, 0) is 83.5 Å². The fourth-order valence-electron chi connectivity index (χ4n) is 3.94. The minimum Gasteiger partial charge on any atom is -0.497 e. The molecule has 0 radical (unpaired) electrons. The number of amides is 3. The van der Waals surface area contributed by atoms with Crippen LogP contribution in [0.25, 0.3) is 6.08 Å². The normalized spacial score (nSPS) is 11.7. The molecule has 1 atom stereocenters. The van der Waals surface area contributed by atoms with Crippen molar-refractivity contribution >= 4 is 62.9 Å². The van der Waals surface area contributed by atoms with Crippen molar-refractivity contribution in [3.8, 4) is 11.5 Å². The Kier molecular flexibility index (Phi) is 11.0. The Hall–Kier alpha value is -4.54. The maximum atomic E-state index is 13.5. The zero-order valence-corrected chi connectivity index (χ0v) is 26.1. The second kappa shape index (κ2) is 15.1. The van der Waals surface area contributed by atoms with Gasteiger partial charge in [0, 0.05) is 32.2 Å². The maximum absolute atomic E-state index is 13.5. The molecule has 220 valence electrons. The van der Waals surface area contributed by atoms with E-state index in [1.807, 2.05) is 37.3 Å². The largest absolute Gasteiger partial charge is 0.497 e. The lowest BCUT2D eigenvalue weighted by Gasteiger charge is -2.15. The third kappa shape index (κ3) is 8.73. The quantitative estimate of drug-likeness (QED) is 0.118. The van der Waals surface area contributed by atoms with Crippen molar-refractivity contribution in [3.05, 3.63) is 118 Å². The van der Waals surface area contributed by atoms with E-state index < -0.39 is 17.1 Å². The van der Waals surface area contributed by atoms with Gasteiger partial charge in [0.05, 0.1) is 25.2 Å². The molecule has 0 aromatic heterocycles. The van der Waals surface area contributed by atoms with Crippen molar-refractivity contribution in [3.63, 3.8) is 0 Å². The van der Waals surface area contributed by atoms with Gasteiger partial charge in [0.25, 0.3) is 11.8 Å². The van der Waals surface area contributed by atoms with E-state index in [0.717, 1.165) is 9.37 Å². The standard InChI is InChI=1S/C33H30BrN3O5S/c1-21(31(38)36-28-15-8-7-14-27(28)34)43-26-13-9-12-24(19-26)35-33(40)29(37-32(39)22-10-5-4-6-11-22)18-23-16-17-25(41-2)20-30(23)42-3/h4-21H,1-3H3,(H,35,40)(H,36,38)(H,37,39)/b29-18+. The van der Waals surface area contributed by atoms with Crippen LogP contribution in [0, 0.1) is 0 Å². The summed E-state index contributed by atoms with van der Waals surface area (Å²) in [5, 5.41) is 8.10. The van der Waals surface area contributed by atoms with Gasteiger partial charge in [-0.3, -0.25) is 14.4 Å². The van der Waals surface area contributed by atoms with Crippen LogP contribution in [0.4, 0.5) is 11.4 Å². The predicted octanol–water partition coefficient (Wildman–Crippen LogP) is 7.00. The van der Waals surface area contributed by atoms with Gasteiger partial charge in [-0.1, -0.05) is 36.4 Å². The molecule has 4 aromatic rings. The van der Waals surface area contributed by atoms with Crippen molar-refractivity contribution in [1.29, 1.82) is 0 Å². The molecule has 0 aliphatic rings. The minimum atomic E-state index is -0.538. The Morgan fingerprint density at radius 1 is 0.837 bits per heavy atom. The highest BCUT2D eigenvalue weighted by Crippen LogP contribution is 2.29. The lowest BCUT2D eigenvalue weighted by atomic mass is 10.1. The first-order chi connectivity index (χ1) is 20.8. The van der Waals surface area contributed by atoms with Gasteiger partial charge in [0.1, 0.15) is 17.2 Å². The van der Waals surface area contributed by atoms with Crippen LogP contribution < -0.4 is 25.4 Å². The zero-order valence-electron chi connectivity index (χ0n) is 23.7. The first-order valence-electron chi connectivity index (χ1n) is 13.2. The number of rotatable bonds is 11. The molecule has 3 amide bonds.